The second-order valence-electron chi connectivity index (χ2n) is 8.25. The number of hydrogen-bond acceptors (Lipinski definition) is 3. The molecular weight excluding hydrogens is 348 g/mol. The van der Waals surface area contributed by atoms with Crippen LogP contribution in [0.5, 0.6) is 5.75 Å². The molecule has 2 aliphatic carbocycles. The average molecular weight is 379 g/mol. The molecule has 0 unspecified atom stereocenters. The van der Waals surface area contributed by atoms with Gasteiger partial charge in [0.2, 0.25) is 0 Å². The maximum atomic E-state index is 13.6. The van der Waals surface area contributed by atoms with Gasteiger partial charge in [-0.05, 0) is 62.1 Å². The SMILES string of the molecule is N[C@H]1CCC[C@@H](N(CC2CC2)C(=O)c2ccccc2OCc2ccccc2)C1. The minimum Gasteiger partial charge on any atom is -0.488 e. The molecule has 0 heterocycles. The fraction of sp³-hybridized carbons (Fsp3) is 0.458. The van der Waals surface area contributed by atoms with Gasteiger partial charge in [0.25, 0.3) is 5.91 Å². The van der Waals surface area contributed by atoms with Crippen LogP contribution in [0.4, 0.5) is 0 Å². The van der Waals surface area contributed by atoms with Gasteiger partial charge < -0.3 is 15.4 Å². The highest BCUT2D eigenvalue weighted by molar-refractivity contribution is 5.97. The Kier molecular flexibility index (Phi) is 5.96. The van der Waals surface area contributed by atoms with Gasteiger partial charge in [-0.3, -0.25) is 4.79 Å². The molecule has 0 saturated heterocycles. The van der Waals surface area contributed by atoms with Crippen molar-refractivity contribution in [3.63, 3.8) is 0 Å². The van der Waals surface area contributed by atoms with Gasteiger partial charge >= 0.3 is 0 Å². The van der Waals surface area contributed by atoms with Crippen molar-refractivity contribution < 1.29 is 9.53 Å². The molecule has 28 heavy (non-hydrogen) atoms. The zero-order valence-corrected chi connectivity index (χ0v) is 16.4. The van der Waals surface area contributed by atoms with E-state index in [0.29, 0.717) is 23.8 Å². The summed E-state index contributed by atoms with van der Waals surface area (Å²) in [6.45, 7) is 1.31. The molecule has 4 nitrogen and oxygen atoms in total. The Hall–Kier alpha value is -2.33. The smallest absolute Gasteiger partial charge is 0.257 e. The lowest BCUT2D eigenvalue weighted by Crippen LogP contribution is -2.46. The molecule has 2 fully saturated rings. The molecule has 4 rings (SSSR count). The van der Waals surface area contributed by atoms with Crippen LogP contribution in [-0.4, -0.2) is 29.4 Å². The van der Waals surface area contributed by atoms with Gasteiger partial charge in [-0.2, -0.15) is 0 Å². The summed E-state index contributed by atoms with van der Waals surface area (Å²) >= 11 is 0. The van der Waals surface area contributed by atoms with E-state index >= 15 is 0 Å². The largest absolute Gasteiger partial charge is 0.488 e. The average Bonchev–Trinajstić information content (AvgIpc) is 3.55. The molecule has 0 spiro atoms. The third-order valence-electron chi connectivity index (χ3n) is 5.90. The van der Waals surface area contributed by atoms with Crippen LogP contribution in [0.15, 0.2) is 54.6 Å². The Morgan fingerprint density at radius 2 is 1.75 bits per heavy atom. The summed E-state index contributed by atoms with van der Waals surface area (Å²) in [5.74, 6) is 1.41. The van der Waals surface area contributed by atoms with Gasteiger partial charge in [0.05, 0.1) is 5.56 Å². The number of amides is 1. The topological polar surface area (TPSA) is 55.6 Å². The number of ether oxygens (including phenoxy) is 1. The Morgan fingerprint density at radius 1 is 1.00 bits per heavy atom. The highest BCUT2D eigenvalue weighted by Crippen LogP contribution is 2.34. The summed E-state index contributed by atoms with van der Waals surface area (Å²) in [5, 5.41) is 0. The molecule has 1 amide bonds. The molecule has 0 aromatic heterocycles. The monoisotopic (exact) mass is 378 g/mol. The van der Waals surface area contributed by atoms with E-state index < -0.39 is 0 Å². The molecule has 4 heteroatoms. The number of hydrogen-bond donors (Lipinski definition) is 1. The number of carbonyl (C=O) groups is 1. The second-order valence-corrected chi connectivity index (χ2v) is 8.25. The molecule has 0 aliphatic heterocycles. The first-order valence-electron chi connectivity index (χ1n) is 10.5. The Labute approximate surface area is 167 Å². The maximum Gasteiger partial charge on any atom is 0.257 e. The summed E-state index contributed by atoms with van der Waals surface area (Å²) < 4.78 is 6.05. The molecule has 2 atom stereocenters. The van der Waals surface area contributed by atoms with Crippen molar-refractivity contribution in [2.75, 3.05) is 6.54 Å². The van der Waals surface area contributed by atoms with Crippen molar-refractivity contribution >= 4 is 5.91 Å². The third-order valence-corrected chi connectivity index (χ3v) is 5.90. The molecule has 0 bridgehead atoms. The number of nitrogens with two attached hydrogens (primary N) is 1. The summed E-state index contributed by atoms with van der Waals surface area (Å²) in [6.07, 6.45) is 6.60. The minimum absolute atomic E-state index is 0.0923. The van der Waals surface area contributed by atoms with E-state index in [1.165, 1.54) is 12.8 Å². The van der Waals surface area contributed by atoms with E-state index in [1.54, 1.807) is 0 Å². The first-order valence-corrected chi connectivity index (χ1v) is 10.5. The number of benzene rings is 2. The van der Waals surface area contributed by atoms with E-state index in [1.807, 2.05) is 54.6 Å². The maximum absolute atomic E-state index is 13.6. The quantitative estimate of drug-likeness (QED) is 0.777. The fourth-order valence-corrected chi connectivity index (χ4v) is 4.12. The van der Waals surface area contributed by atoms with Crippen molar-refractivity contribution in [2.24, 2.45) is 11.7 Å². The fourth-order valence-electron chi connectivity index (χ4n) is 4.12. The lowest BCUT2D eigenvalue weighted by Gasteiger charge is -2.37. The minimum atomic E-state index is 0.0923. The van der Waals surface area contributed by atoms with Crippen LogP contribution < -0.4 is 10.5 Å². The Balaban J connectivity index is 1.52. The predicted molar refractivity (Wildman–Crippen MR) is 111 cm³/mol. The summed E-state index contributed by atoms with van der Waals surface area (Å²) in [7, 11) is 0. The number of carbonyl (C=O) groups excluding carboxylic acids is 1. The molecule has 0 radical (unpaired) electrons. The Morgan fingerprint density at radius 3 is 2.50 bits per heavy atom. The van der Waals surface area contributed by atoms with E-state index in [0.717, 1.165) is 37.8 Å². The lowest BCUT2D eigenvalue weighted by atomic mass is 9.90. The summed E-state index contributed by atoms with van der Waals surface area (Å²) in [5.41, 5.74) is 7.99. The molecule has 2 saturated carbocycles. The number of nitrogens with zero attached hydrogens (tertiary/aromatic N) is 1. The highest BCUT2D eigenvalue weighted by Gasteiger charge is 2.34. The summed E-state index contributed by atoms with van der Waals surface area (Å²) in [4.78, 5) is 15.6. The van der Waals surface area contributed by atoms with Crippen molar-refractivity contribution in [1.29, 1.82) is 0 Å². The van der Waals surface area contributed by atoms with Crippen molar-refractivity contribution in [2.45, 2.75) is 57.2 Å². The van der Waals surface area contributed by atoms with Gasteiger partial charge in [-0.1, -0.05) is 42.5 Å². The molecular formula is C24H30N2O2. The number of para-hydroxylation sites is 1. The zero-order chi connectivity index (χ0) is 19.3. The van der Waals surface area contributed by atoms with Crippen LogP contribution >= 0.6 is 0 Å². The van der Waals surface area contributed by atoms with E-state index in [4.69, 9.17) is 10.5 Å². The summed E-state index contributed by atoms with van der Waals surface area (Å²) in [6, 6.07) is 18.2. The third kappa shape index (κ3) is 4.74. The lowest BCUT2D eigenvalue weighted by molar-refractivity contribution is 0.0607. The van der Waals surface area contributed by atoms with Gasteiger partial charge in [0, 0.05) is 18.6 Å². The van der Waals surface area contributed by atoms with Crippen LogP contribution in [0.2, 0.25) is 0 Å². The van der Waals surface area contributed by atoms with Gasteiger partial charge in [0.1, 0.15) is 12.4 Å². The van der Waals surface area contributed by atoms with Crippen molar-refractivity contribution in [1.82, 2.24) is 4.90 Å². The normalized spacial score (nSPS) is 21.9. The van der Waals surface area contributed by atoms with Crippen LogP contribution in [0.1, 0.15) is 54.4 Å². The van der Waals surface area contributed by atoms with Crippen molar-refractivity contribution in [3.8, 4) is 5.75 Å². The van der Waals surface area contributed by atoms with E-state index in [2.05, 4.69) is 4.90 Å². The van der Waals surface area contributed by atoms with Crippen LogP contribution in [0, 0.1) is 5.92 Å². The molecule has 148 valence electrons. The standard InChI is InChI=1S/C24H30N2O2/c25-20-9-6-10-21(15-20)26(16-18-13-14-18)24(27)22-11-4-5-12-23(22)28-17-19-7-2-1-3-8-19/h1-5,7-8,11-12,18,20-21H,6,9-10,13-17,25H2/t20-,21+/m0/s1. The van der Waals surface area contributed by atoms with Crippen LogP contribution in [0.25, 0.3) is 0 Å². The highest BCUT2D eigenvalue weighted by atomic mass is 16.5. The first kappa shape index (κ1) is 19.0. The molecule has 2 N–H and O–H groups in total. The Bertz CT molecular complexity index is 788. The first-order chi connectivity index (χ1) is 13.7. The van der Waals surface area contributed by atoms with Gasteiger partial charge in [-0.25, -0.2) is 0 Å². The van der Waals surface area contributed by atoms with Crippen LogP contribution in [0.3, 0.4) is 0 Å². The van der Waals surface area contributed by atoms with Crippen LogP contribution in [-0.2, 0) is 6.61 Å². The zero-order valence-electron chi connectivity index (χ0n) is 16.4. The van der Waals surface area contributed by atoms with Gasteiger partial charge in [0.15, 0.2) is 0 Å². The predicted octanol–water partition coefficient (Wildman–Crippen LogP) is 4.39. The molecule has 2 aromatic carbocycles. The van der Waals surface area contributed by atoms with Gasteiger partial charge in [-0.15, -0.1) is 0 Å². The molecule has 2 aliphatic rings. The number of rotatable bonds is 7. The second kappa shape index (κ2) is 8.78. The van der Waals surface area contributed by atoms with E-state index in [9.17, 15) is 4.79 Å². The molecule has 2 aromatic rings. The van der Waals surface area contributed by atoms with E-state index in [-0.39, 0.29) is 18.0 Å². The van der Waals surface area contributed by atoms with Crippen molar-refractivity contribution in [3.05, 3.63) is 65.7 Å².